The molecule has 8 rings (SSSR count). The number of hydrogen-bond donors (Lipinski definition) is 1. The number of halogens is 2. The highest BCUT2D eigenvalue weighted by Gasteiger charge is 2.43. The van der Waals surface area contributed by atoms with Crippen molar-refractivity contribution in [2.24, 2.45) is 0 Å². The summed E-state index contributed by atoms with van der Waals surface area (Å²) in [7, 11) is 0. The van der Waals surface area contributed by atoms with Gasteiger partial charge in [-0.25, -0.2) is 0 Å². The van der Waals surface area contributed by atoms with Crippen LogP contribution in [0.1, 0.15) is 36.0 Å². The van der Waals surface area contributed by atoms with Crippen LogP contribution in [0, 0.1) is 13.8 Å². The Balaban J connectivity index is 0.000000200. The lowest BCUT2D eigenvalue weighted by Crippen LogP contribution is -3.00. The Morgan fingerprint density at radius 2 is 1.47 bits per heavy atom. The summed E-state index contributed by atoms with van der Waals surface area (Å²) in [6, 6.07) is 42.4. The monoisotopic (exact) mass is 751 g/mol. The quantitative estimate of drug-likeness (QED) is 0.221. The van der Waals surface area contributed by atoms with Gasteiger partial charge in [-0.1, -0.05) is 78.9 Å². The van der Waals surface area contributed by atoms with Gasteiger partial charge in [0.05, 0.1) is 23.7 Å². The molecule has 1 spiro atoms. The van der Waals surface area contributed by atoms with Gasteiger partial charge in [0.1, 0.15) is 22.9 Å². The number of benzene rings is 5. The third kappa shape index (κ3) is 8.88. The van der Waals surface area contributed by atoms with Crippen LogP contribution in [-0.2, 0) is 10.2 Å². The molecule has 53 heavy (non-hydrogen) atoms. The van der Waals surface area contributed by atoms with Crippen molar-refractivity contribution in [2.75, 3.05) is 26.2 Å². The fourth-order valence-corrected chi connectivity index (χ4v) is 6.81. The predicted molar refractivity (Wildman–Crippen MR) is 203 cm³/mol. The molecule has 5 aromatic carbocycles. The number of aromatic nitrogens is 4. The molecule has 0 bridgehead atoms. The fourth-order valence-electron chi connectivity index (χ4n) is 6.81. The number of ether oxygens (including phenoxy) is 2. The lowest BCUT2D eigenvalue weighted by atomic mass is 9.74. The number of rotatable bonds is 8. The Morgan fingerprint density at radius 1 is 0.849 bits per heavy atom. The molecular weight excluding hydrogens is 709 g/mol. The fraction of sp³-hybridized carbons (Fsp3) is 0.238. The Kier molecular flexibility index (Phi) is 12.9. The number of aliphatic carboxylic acids is 1. The molecule has 2 aliphatic rings. The van der Waals surface area contributed by atoms with Crippen molar-refractivity contribution in [3.63, 3.8) is 0 Å². The number of carboxylic acids is 1. The van der Waals surface area contributed by atoms with Crippen molar-refractivity contribution in [2.45, 2.75) is 38.5 Å². The molecule has 0 amide bonds. The Morgan fingerprint density at radius 3 is 2.11 bits per heavy atom. The number of carboxylic acid groups (broad SMARTS) is 1. The average Bonchev–Trinajstić information content (AvgIpc) is 3.77. The Labute approximate surface area is 322 Å². The van der Waals surface area contributed by atoms with Crippen molar-refractivity contribution in [1.82, 2.24) is 19.9 Å². The first kappa shape index (κ1) is 39.0. The van der Waals surface area contributed by atoms with Crippen molar-refractivity contribution in [3.05, 3.63) is 144 Å². The molecule has 11 heteroatoms. The van der Waals surface area contributed by atoms with E-state index < -0.39 is 5.97 Å². The smallest absolute Gasteiger partial charge is 0.340 e. The summed E-state index contributed by atoms with van der Waals surface area (Å²) in [6.45, 7) is 7.26. The zero-order chi connectivity index (χ0) is 35.2. The molecule has 2 aliphatic heterocycles. The average molecular weight is 753 g/mol. The van der Waals surface area contributed by atoms with E-state index in [1.807, 2.05) is 119 Å². The maximum atomic E-state index is 10.8. The summed E-state index contributed by atoms with van der Waals surface area (Å²) >= 11 is 0. The second-order valence-electron chi connectivity index (χ2n) is 13.2. The molecule has 0 atom stereocenters. The molecule has 1 aromatic heterocycles. The lowest BCUT2D eigenvalue weighted by Gasteiger charge is -2.38. The van der Waals surface area contributed by atoms with Crippen LogP contribution in [0.5, 0.6) is 17.2 Å². The van der Waals surface area contributed by atoms with Gasteiger partial charge in [-0.05, 0) is 103 Å². The van der Waals surface area contributed by atoms with Crippen LogP contribution in [0.15, 0.2) is 127 Å². The molecule has 1 saturated heterocycles. The molecule has 274 valence electrons. The minimum Gasteiger partial charge on any atom is -1.00 e. The zero-order valence-corrected chi connectivity index (χ0v) is 31.3. The molecule has 0 aliphatic carbocycles. The van der Waals surface area contributed by atoms with Gasteiger partial charge in [-0.3, -0.25) is 4.79 Å². The van der Waals surface area contributed by atoms with Crippen molar-refractivity contribution < 1.29 is 36.6 Å². The van der Waals surface area contributed by atoms with E-state index in [-0.39, 0.29) is 36.6 Å². The molecule has 6 aromatic rings. The van der Waals surface area contributed by atoms with Gasteiger partial charge in [0, 0.05) is 28.4 Å². The molecule has 0 unspecified atom stereocenters. The molecule has 0 radical (unpaired) electrons. The molecule has 1 fully saturated rings. The highest BCUT2D eigenvalue weighted by atomic mass is 35.5. The normalized spacial score (nSPS) is 14.1. The number of carbonyl (C=O) groups is 1. The van der Waals surface area contributed by atoms with E-state index in [1.54, 1.807) is 0 Å². The summed E-state index contributed by atoms with van der Waals surface area (Å²) in [5.74, 6) is 2.58. The van der Waals surface area contributed by atoms with Crippen molar-refractivity contribution in [3.8, 4) is 40.0 Å². The van der Waals surface area contributed by atoms with Crippen LogP contribution >= 0.6 is 12.4 Å². The number of nitrogens with zero attached hydrogens (tertiary/aromatic N) is 5. The summed E-state index contributed by atoms with van der Waals surface area (Å²) in [4.78, 5) is 16.7. The number of tetrazole rings is 1. The van der Waals surface area contributed by atoms with E-state index in [1.165, 1.54) is 5.56 Å². The molecule has 0 saturated carbocycles. The summed E-state index contributed by atoms with van der Waals surface area (Å²) < 4.78 is 12.2. The van der Waals surface area contributed by atoms with Crippen LogP contribution in [0.3, 0.4) is 0 Å². The summed E-state index contributed by atoms with van der Waals surface area (Å²) in [6.07, 6.45) is 2.20. The van der Waals surface area contributed by atoms with Crippen LogP contribution in [0.25, 0.3) is 22.8 Å². The van der Waals surface area contributed by atoms with E-state index in [0.29, 0.717) is 19.0 Å². The largest absolute Gasteiger partial charge is 1.00 e. The molecule has 3 heterocycles. The summed E-state index contributed by atoms with van der Waals surface area (Å²) in [5.41, 5.74) is 6.47. The van der Waals surface area contributed by atoms with Gasteiger partial charge in [0.2, 0.25) is 0 Å². The molecular formula is C42H43Cl2N5O4. The third-order valence-corrected chi connectivity index (χ3v) is 9.68. The highest BCUT2D eigenvalue weighted by Crippen LogP contribution is 2.47. The third-order valence-electron chi connectivity index (χ3n) is 9.68. The minimum absolute atomic E-state index is 0. The van der Waals surface area contributed by atoms with E-state index in [4.69, 9.17) is 24.8 Å². The molecule has 1 N–H and O–H groups in total. The topological polar surface area (TPSA) is 93.6 Å². The number of piperidine rings is 1. The lowest BCUT2D eigenvalue weighted by molar-refractivity contribution is -0.734. The second kappa shape index (κ2) is 17.5. The number of hydrogen-bond acceptors (Lipinski definition) is 6. The van der Waals surface area contributed by atoms with E-state index in [0.717, 1.165) is 71.2 Å². The highest BCUT2D eigenvalue weighted by molar-refractivity contribution is 5.85. The maximum absolute atomic E-state index is 10.8. The van der Waals surface area contributed by atoms with Crippen LogP contribution in [0.4, 0.5) is 0 Å². The number of para-hydroxylation sites is 3. The first-order valence-corrected chi connectivity index (χ1v) is 17.4. The van der Waals surface area contributed by atoms with Crippen molar-refractivity contribution >= 4 is 18.4 Å². The Bertz CT molecular complexity index is 2030. The minimum atomic E-state index is -0.730. The van der Waals surface area contributed by atoms with Gasteiger partial charge in [-0.2, -0.15) is 0 Å². The van der Waals surface area contributed by atoms with Gasteiger partial charge < -0.3 is 31.9 Å². The van der Waals surface area contributed by atoms with Gasteiger partial charge in [-0.15, -0.1) is 12.4 Å². The predicted octanol–water partition coefficient (Wildman–Crippen LogP) is 4.93. The number of fused-ring (bicyclic) bond motifs is 2. The number of aryl methyl sites for hydroxylation is 2. The van der Waals surface area contributed by atoms with Crippen LogP contribution in [-0.4, -0.2) is 57.2 Å². The first-order valence-electron chi connectivity index (χ1n) is 17.4. The van der Waals surface area contributed by atoms with E-state index >= 15 is 0 Å². The van der Waals surface area contributed by atoms with Crippen LogP contribution < -0.4 is 26.7 Å². The van der Waals surface area contributed by atoms with Crippen molar-refractivity contribution in [1.29, 1.82) is 0 Å². The maximum Gasteiger partial charge on any atom is 0.340 e. The standard InChI is InChI=1S/C23H27NO4.C19H15N4.2ClH/c1-16-4-3-5-17(2)22(16)28-18-6-7-19-20(14-18)27-15-23(19)9-12-24(13-10-23)11-8-21(25)26;1-4-10-16(11-5-1)19-20-22(17-12-6-2-7-13-17)23(21-19)18-14-8-3-9-15-18;;/h3-7,14H,8-13,15H2,1-2H3,(H,25,26);1-15H;2*1H/q;+1;;/p-1. The van der Waals surface area contributed by atoms with Gasteiger partial charge in [0.25, 0.3) is 0 Å². The number of likely N-dealkylation sites (tertiary alicyclic amines) is 1. The van der Waals surface area contributed by atoms with Gasteiger partial charge >= 0.3 is 11.8 Å². The van der Waals surface area contributed by atoms with E-state index in [9.17, 15) is 4.79 Å². The second-order valence-corrected chi connectivity index (χ2v) is 13.2. The Hall–Kier alpha value is -5.22. The SMILES string of the molecule is Cc1cccc(C)c1Oc1ccc2c(c1)OCC21CCN(CCC(=O)O)CC1.Cl.[Cl-].c1ccc(-c2nn(-c3ccccc3)[n+](-c3ccccc3)n2)cc1. The molecule has 9 nitrogen and oxygen atoms in total. The van der Waals surface area contributed by atoms with Gasteiger partial charge in [0.15, 0.2) is 5.69 Å². The van der Waals surface area contributed by atoms with Crippen LogP contribution in [0.2, 0.25) is 0 Å². The summed E-state index contributed by atoms with van der Waals surface area (Å²) in [5, 5.41) is 18.3. The van der Waals surface area contributed by atoms with E-state index in [2.05, 4.69) is 36.9 Å². The first-order chi connectivity index (χ1) is 24.9. The zero-order valence-electron chi connectivity index (χ0n) is 29.8.